The van der Waals surface area contributed by atoms with Crippen molar-refractivity contribution in [3.8, 4) is 0 Å². The topological polar surface area (TPSA) is 29.0 Å². The van der Waals surface area contributed by atoms with Crippen molar-refractivity contribution < 1.29 is 8.78 Å². The minimum Gasteiger partial charge on any atom is -0.356 e. The van der Waals surface area contributed by atoms with Crippen molar-refractivity contribution in [1.82, 2.24) is 9.97 Å². The van der Waals surface area contributed by atoms with Crippen LogP contribution in [0.4, 0.5) is 14.6 Å². The normalized spacial score (nSPS) is 24.5. The molecule has 3 nitrogen and oxygen atoms in total. The summed E-state index contributed by atoms with van der Waals surface area (Å²) in [6, 6.07) is 1.77. The van der Waals surface area contributed by atoms with E-state index in [1.165, 1.54) is 0 Å². The van der Waals surface area contributed by atoms with Gasteiger partial charge in [-0.2, -0.15) is 0 Å². The minimum absolute atomic E-state index is 0.1000. The lowest BCUT2D eigenvalue weighted by molar-refractivity contribution is -0.0652. The van der Waals surface area contributed by atoms with Crippen LogP contribution in [0.1, 0.15) is 19.2 Å². The van der Waals surface area contributed by atoms with Crippen LogP contribution in [0.2, 0.25) is 0 Å². The fraction of sp³-hybridized carbons (Fsp3) is 0.636. The van der Waals surface area contributed by atoms with Crippen LogP contribution in [0.5, 0.6) is 0 Å². The molecule has 0 aliphatic carbocycles. The number of piperidine rings is 1. The zero-order valence-electron chi connectivity index (χ0n) is 9.45. The van der Waals surface area contributed by atoms with E-state index in [1.54, 1.807) is 26.1 Å². The first-order valence-electron chi connectivity index (χ1n) is 5.41. The third-order valence-corrected chi connectivity index (χ3v) is 3.02. The minimum atomic E-state index is -2.54. The molecule has 1 saturated heterocycles. The number of hydrogen-bond donors (Lipinski definition) is 0. The Bertz CT molecular complexity index is 381. The molecule has 0 aromatic carbocycles. The summed E-state index contributed by atoms with van der Waals surface area (Å²) >= 11 is 0. The smallest absolute Gasteiger partial charge is 0.254 e. The Morgan fingerprint density at radius 1 is 1.50 bits per heavy atom. The highest BCUT2D eigenvalue weighted by molar-refractivity contribution is 5.38. The Morgan fingerprint density at radius 2 is 2.25 bits per heavy atom. The summed E-state index contributed by atoms with van der Waals surface area (Å²) in [5.74, 6) is -1.76. The Morgan fingerprint density at radius 3 is 2.88 bits per heavy atom. The van der Waals surface area contributed by atoms with Gasteiger partial charge in [-0.3, -0.25) is 0 Å². The molecule has 1 fully saturated rings. The first-order valence-corrected chi connectivity index (χ1v) is 5.41. The number of alkyl halides is 2. The van der Waals surface area contributed by atoms with Gasteiger partial charge in [0.25, 0.3) is 5.92 Å². The highest BCUT2D eigenvalue weighted by Crippen LogP contribution is 2.34. The van der Waals surface area contributed by atoms with Crippen LogP contribution in [0, 0.1) is 12.8 Å². The molecule has 0 saturated carbocycles. The van der Waals surface area contributed by atoms with Crippen molar-refractivity contribution in [3.63, 3.8) is 0 Å². The van der Waals surface area contributed by atoms with Crippen LogP contribution in [0.15, 0.2) is 12.3 Å². The first-order chi connectivity index (χ1) is 7.49. The van der Waals surface area contributed by atoms with Crippen molar-refractivity contribution in [2.24, 2.45) is 5.92 Å². The summed E-state index contributed by atoms with van der Waals surface area (Å²) in [6.07, 6.45) is 1.56. The Kier molecular flexibility index (Phi) is 2.78. The predicted molar refractivity (Wildman–Crippen MR) is 57.7 cm³/mol. The molecule has 1 aliphatic rings. The van der Waals surface area contributed by atoms with Gasteiger partial charge in [0.05, 0.1) is 0 Å². The number of aryl methyl sites for hydroxylation is 1. The summed E-state index contributed by atoms with van der Waals surface area (Å²) in [5, 5.41) is 0. The van der Waals surface area contributed by atoms with Crippen molar-refractivity contribution in [3.05, 3.63) is 18.1 Å². The average Bonchev–Trinajstić information content (AvgIpc) is 2.22. The van der Waals surface area contributed by atoms with Gasteiger partial charge in [0, 0.05) is 31.6 Å². The molecule has 0 N–H and O–H groups in total. The second-order valence-corrected chi connectivity index (χ2v) is 4.32. The van der Waals surface area contributed by atoms with Crippen molar-refractivity contribution in [2.45, 2.75) is 26.2 Å². The summed E-state index contributed by atoms with van der Waals surface area (Å²) in [5.41, 5.74) is 0. The second-order valence-electron chi connectivity index (χ2n) is 4.32. The van der Waals surface area contributed by atoms with Gasteiger partial charge >= 0.3 is 0 Å². The Balaban J connectivity index is 2.14. The van der Waals surface area contributed by atoms with E-state index in [9.17, 15) is 8.78 Å². The number of aromatic nitrogens is 2. The molecule has 2 heterocycles. The molecular weight excluding hydrogens is 212 g/mol. The maximum Gasteiger partial charge on any atom is 0.254 e. The first kappa shape index (κ1) is 11.2. The molecule has 0 radical (unpaired) electrons. The third kappa shape index (κ3) is 2.13. The van der Waals surface area contributed by atoms with Crippen LogP contribution in [-0.4, -0.2) is 29.0 Å². The summed E-state index contributed by atoms with van der Waals surface area (Å²) < 4.78 is 26.6. The van der Waals surface area contributed by atoms with Crippen LogP contribution in [0.3, 0.4) is 0 Å². The quantitative estimate of drug-likeness (QED) is 0.737. The van der Waals surface area contributed by atoms with E-state index in [-0.39, 0.29) is 6.42 Å². The van der Waals surface area contributed by atoms with Gasteiger partial charge < -0.3 is 4.90 Å². The van der Waals surface area contributed by atoms with Gasteiger partial charge in [0.2, 0.25) is 0 Å². The summed E-state index contributed by atoms with van der Waals surface area (Å²) in [7, 11) is 0. The molecule has 0 bridgehead atoms. The van der Waals surface area contributed by atoms with Gasteiger partial charge in [-0.1, -0.05) is 6.92 Å². The number of rotatable bonds is 1. The fourth-order valence-electron chi connectivity index (χ4n) is 1.91. The molecule has 1 aromatic rings. The SMILES string of the molecule is Cc1nccc(N2CCC(F)(F)[C@H](C)C2)n1. The average molecular weight is 227 g/mol. The Hall–Kier alpha value is -1.26. The molecule has 88 valence electrons. The zero-order valence-corrected chi connectivity index (χ0v) is 9.45. The van der Waals surface area contributed by atoms with E-state index in [4.69, 9.17) is 0 Å². The van der Waals surface area contributed by atoms with E-state index in [0.717, 1.165) is 5.82 Å². The standard InChI is InChI=1S/C11H15F2N3/c1-8-7-16(6-4-11(8,12)13)10-3-5-14-9(2)15-10/h3,5,8H,4,6-7H2,1-2H3/t8-/m1/s1. The lowest BCUT2D eigenvalue weighted by atomic mass is 9.95. The van der Waals surface area contributed by atoms with E-state index < -0.39 is 11.8 Å². The fourth-order valence-corrected chi connectivity index (χ4v) is 1.91. The van der Waals surface area contributed by atoms with Crippen LogP contribution >= 0.6 is 0 Å². The second kappa shape index (κ2) is 3.96. The third-order valence-electron chi connectivity index (χ3n) is 3.02. The number of nitrogens with zero attached hydrogens (tertiary/aromatic N) is 3. The summed E-state index contributed by atoms with van der Waals surface area (Å²) in [6.45, 7) is 4.09. The molecule has 1 aliphatic heterocycles. The highest BCUT2D eigenvalue weighted by atomic mass is 19.3. The van der Waals surface area contributed by atoms with Gasteiger partial charge in [-0.25, -0.2) is 18.7 Å². The van der Waals surface area contributed by atoms with E-state index >= 15 is 0 Å². The van der Waals surface area contributed by atoms with Crippen molar-refractivity contribution >= 4 is 5.82 Å². The molecule has 1 atom stereocenters. The van der Waals surface area contributed by atoms with Gasteiger partial charge in [-0.05, 0) is 13.0 Å². The van der Waals surface area contributed by atoms with Crippen LogP contribution in [-0.2, 0) is 0 Å². The predicted octanol–water partition coefficient (Wildman–Crippen LogP) is 2.27. The number of halogens is 2. The molecule has 2 rings (SSSR count). The largest absolute Gasteiger partial charge is 0.356 e. The van der Waals surface area contributed by atoms with E-state index in [2.05, 4.69) is 9.97 Å². The van der Waals surface area contributed by atoms with E-state index in [1.807, 2.05) is 4.90 Å². The highest BCUT2D eigenvalue weighted by Gasteiger charge is 2.41. The van der Waals surface area contributed by atoms with Gasteiger partial charge in [-0.15, -0.1) is 0 Å². The molecule has 5 heteroatoms. The lowest BCUT2D eigenvalue weighted by Crippen LogP contribution is -2.46. The molecule has 1 aromatic heterocycles. The van der Waals surface area contributed by atoms with Gasteiger partial charge in [0.15, 0.2) is 0 Å². The van der Waals surface area contributed by atoms with Crippen LogP contribution in [0.25, 0.3) is 0 Å². The van der Waals surface area contributed by atoms with Crippen molar-refractivity contribution in [2.75, 3.05) is 18.0 Å². The van der Waals surface area contributed by atoms with Gasteiger partial charge in [0.1, 0.15) is 11.6 Å². The van der Waals surface area contributed by atoms with E-state index in [0.29, 0.717) is 18.9 Å². The maximum atomic E-state index is 13.3. The maximum absolute atomic E-state index is 13.3. The molecule has 16 heavy (non-hydrogen) atoms. The molecular formula is C11H15F2N3. The van der Waals surface area contributed by atoms with Crippen molar-refractivity contribution in [1.29, 1.82) is 0 Å². The molecule has 0 spiro atoms. The molecule has 0 unspecified atom stereocenters. The summed E-state index contributed by atoms with van der Waals surface area (Å²) in [4.78, 5) is 10.1. The molecule has 0 amide bonds. The lowest BCUT2D eigenvalue weighted by Gasteiger charge is -2.37. The Labute approximate surface area is 93.5 Å². The zero-order chi connectivity index (χ0) is 11.8. The van der Waals surface area contributed by atoms with Crippen LogP contribution < -0.4 is 4.90 Å². The number of anilines is 1. The monoisotopic (exact) mass is 227 g/mol. The number of hydrogen-bond acceptors (Lipinski definition) is 3.